The second kappa shape index (κ2) is 9.32. The van der Waals surface area contributed by atoms with E-state index in [9.17, 15) is 9.59 Å². The Morgan fingerprint density at radius 2 is 1.93 bits per heavy atom. The maximum Gasteiger partial charge on any atom is 0.344 e. The van der Waals surface area contributed by atoms with E-state index in [0.29, 0.717) is 35.4 Å². The molecule has 7 nitrogen and oxygen atoms in total. The molecule has 0 fully saturated rings. The Morgan fingerprint density at radius 1 is 1.11 bits per heavy atom. The number of rotatable bonds is 8. The molecule has 0 aromatic heterocycles. The van der Waals surface area contributed by atoms with Crippen LogP contribution in [0.1, 0.15) is 12.5 Å². The lowest BCUT2D eigenvalue weighted by Crippen LogP contribution is -2.34. The van der Waals surface area contributed by atoms with Gasteiger partial charge in [0.25, 0.3) is 5.91 Å². The van der Waals surface area contributed by atoms with Crippen LogP contribution >= 0.6 is 11.6 Å². The maximum atomic E-state index is 12.4. The number of benzene rings is 2. The van der Waals surface area contributed by atoms with Gasteiger partial charge in [0.15, 0.2) is 24.7 Å². The highest BCUT2D eigenvalue weighted by atomic mass is 35.5. The second-order valence-electron chi connectivity index (χ2n) is 6.00. The van der Waals surface area contributed by atoms with Gasteiger partial charge in [-0.25, -0.2) is 4.79 Å². The monoisotopic (exact) mass is 405 g/mol. The van der Waals surface area contributed by atoms with Crippen LogP contribution in [0.5, 0.6) is 17.2 Å². The number of nitrogens with zero attached hydrogens (tertiary/aromatic N) is 1. The minimum absolute atomic E-state index is 0.197. The van der Waals surface area contributed by atoms with E-state index in [1.165, 1.54) is 0 Å². The van der Waals surface area contributed by atoms with Gasteiger partial charge in [-0.2, -0.15) is 0 Å². The zero-order valence-electron chi connectivity index (χ0n) is 15.4. The van der Waals surface area contributed by atoms with Crippen molar-refractivity contribution in [3.8, 4) is 17.2 Å². The molecular weight excluding hydrogens is 386 g/mol. The number of halogens is 1. The first-order chi connectivity index (χ1) is 13.5. The molecule has 1 heterocycles. The molecule has 0 atom stereocenters. The lowest BCUT2D eigenvalue weighted by atomic mass is 10.2. The van der Waals surface area contributed by atoms with Gasteiger partial charge in [0.2, 0.25) is 6.79 Å². The number of fused-ring (bicyclic) bond motifs is 1. The van der Waals surface area contributed by atoms with Crippen LogP contribution in [0, 0.1) is 0 Å². The molecule has 0 unspecified atom stereocenters. The third-order valence-electron chi connectivity index (χ3n) is 4.05. The van der Waals surface area contributed by atoms with Crippen LogP contribution in [-0.4, -0.2) is 43.3 Å². The number of amides is 1. The molecule has 2 aromatic rings. The number of likely N-dealkylation sites (N-methyl/N-ethyl adjacent to an activating group) is 1. The normalized spacial score (nSPS) is 11.8. The van der Waals surface area contributed by atoms with Crippen LogP contribution in [-0.2, 0) is 20.9 Å². The topological polar surface area (TPSA) is 74.3 Å². The summed E-state index contributed by atoms with van der Waals surface area (Å²) in [5, 5.41) is 0.503. The summed E-state index contributed by atoms with van der Waals surface area (Å²) in [7, 11) is 0. The number of hydrogen-bond donors (Lipinski definition) is 0. The van der Waals surface area contributed by atoms with Crippen molar-refractivity contribution in [3.05, 3.63) is 53.1 Å². The summed E-state index contributed by atoms with van der Waals surface area (Å²) in [5.74, 6) is 0.870. The first-order valence-corrected chi connectivity index (χ1v) is 9.13. The van der Waals surface area contributed by atoms with E-state index < -0.39 is 5.97 Å². The lowest BCUT2D eigenvalue weighted by Gasteiger charge is -2.21. The molecule has 0 bridgehead atoms. The highest BCUT2D eigenvalue weighted by molar-refractivity contribution is 6.30. The summed E-state index contributed by atoms with van der Waals surface area (Å²) in [6.45, 7) is 2.25. The van der Waals surface area contributed by atoms with Gasteiger partial charge < -0.3 is 23.8 Å². The molecule has 1 amide bonds. The fraction of sp³-hybridized carbons (Fsp3) is 0.300. The van der Waals surface area contributed by atoms with Crippen molar-refractivity contribution in [2.24, 2.45) is 0 Å². The number of hydrogen-bond acceptors (Lipinski definition) is 6. The van der Waals surface area contributed by atoms with Crippen LogP contribution in [0.15, 0.2) is 42.5 Å². The highest BCUT2D eigenvalue weighted by Gasteiger charge is 2.18. The van der Waals surface area contributed by atoms with Crippen molar-refractivity contribution in [1.82, 2.24) is 4.90 Å². The van der Waals surface area contributed by atoms with Crippen LogP contribution in [0.4, 0.5) is 0 Å². The highest BCUT2D eigenvalue weighted by Crippen LogP contribution is 2.32. The van der Waals surface area contributed by atoms with E-state index in [4.69, 9.17) is 30.5 Å². The van der Waals surface area contributed by atoms with Gasteiger partial charge >= 0.3 is 5.97 Å². The molecule has 1 aliphatic heterocycles. The van der Waals surface area contributed by atoms with Gasteiger partial charge in [0.05, 0.1) is 0 Å². The van der Waals surface area contributed by atoms with Gasteiger partial charge in [0, 0.05) is 18.1 Å². The van der Waals surface area contributed by atoms with Crippen LogP contribution in [0.2, 0.25) is 5.02 Å². The standard InChI is InChI=1S/C20H20ClNO6/c1-2-22(10-14-6-7-17-18(8-14)28-13-27-17)19(23)11-26-20(24)12-25-16-5-3-4-15(21)9-16/h3-9H,2,10-13H2,1H3. The fourth-order valence-electron chi connectivity index (χ4n) is 2.61. The van der Waals surface area contributed by atoms with E-state index in [-0.39, 0.29) is 25.9 Å². The largest absolute Gasteiger partial charge is 0.482 e. The molecule has 0 saturated heterocycles. The van der Waals surface area contributed by atoms with Gasteiger partial charge in [-0.1, -0.05) is 23.7 Å². The van der Waals surface area contributed by atoms with Gasteiger partial charge in [-0.05, 0) is 42.8 Å². The van der Waals surface area contributed by atoms with E-state index >= 15 is 0 Å². The molecule has 0 saturated carbocycles. The summed E-state index contributed by atoms with van der Waals surface area (Å²) >= 11 is 5.85. The fourth-order valence-corrected chi connectivity index (χ4v) is 2.79. The Kier molecular flexibility index (Phi) is 6.60. The summed E-state index contributed by atoms with van der Waals surface area (Å²) < 4.78 is 20.9. The van der Waals surface area contributed by atoms with Crippen molar-refractivity contribution >= 4 is 23.5 Å². The van der Waals surface area contributed by atoms with Gasteiger partial charge in [-0.15, -0.1) is 0 Å². The first-order valence-electron chi connectivity index (χ1n) is 8.75. The third kappa shape index (κ3) is 5.29. The Hall–Kier alpha value is -2.93. The summed E-state index contributed by atoms with van der Waals surface area (Å²) in [6.07, 6.45) is 0. The predicted octanol–water partition coefficient (Wildman–Crippen LogP) is 3.04. The van der Waals surface area contributed by atoms with Crippen molar-refractivity contribution < 1.29 is 28.5 Å². The maximum absolute atomic E-state index is 12.4. The minimum Gasteiger partial charge on any atom is -0.482 e. The summed E-state index contributed by atoms with van der Waals surface area (Å²) in [6, 6.07) is 12.2. The number of carbonyl (C=O) groups excluding carboxylic acids is 2. The zero-order chi connectivity index (χ0) is 19.9. The molecule has 0 N–H and O–H groups in total. The molecule has 28 heavy (non-hydrogen) atoms. The molecule has 0 spiro atoms. The third-order valence-corrected chi connectivity index (χ3v) is 4.29. The molecular formula is C20H20ClNO6. The number of esters is 1. The molecule has 0 aliphatic carbocycles. The lowest BCUT2D eigenvalue weighted by molar-refractivity contribution is -0.153. The van der Waals surface area contributed by atoms with Crippen molar-refractivity contribution in [2.75, 3.05) is 26.6 Å². The van der Waals surface area contributed by atoms with Crippen molar-refractivity contribution in [3.63, 3.8) is 0 Å². The van der Waals surface area contributed by atoms with Crippen molar-refractivity contribution in [1.29, 1.82) is 0 Å². The van der Waals surface area contributed by atoms with Crippen LogP contribution < -0.4 is 14.2 Å². The molecule has 8 heteroatoms. The quantitative estimate of drug-likeness (QED) is 0.628. The van der Waals surface area contributed by atoms with Crippen LogP contribution in [0.25, 0.3) is 0 Å². The Labute approximate surface area is 167 Å². The summed E-state index contributed by atoms with van der Waals surface area (Å²) in [5.41, 5.74) is 0.898. The van der Waals surface area contributed by atoms with E-state index in [0.717, 1.165) is 5.56 Å². The van der Waals surface area contributed by atoms with Gasteiger partial charge in [-0.3, -0.25) is 4.79 Å². The Bertz CT molecular complexity index is 856. The van der Waals surface area contributed by atoms with Crippen molar-refractivity contribution in [2.45, 2.75) is 13.5 Å². The molecule has 0 radical (unpaired) electrons. The zero-order valence-corrected chi connectivity index (χ0v) is 16.1. The molecule has 2 aromatic carbocycles. The average Bonchev–Trinajstić information content (AvgIpc) is 3.16. The van der Waals surface area contributed by atoms with E-state index in [1.807, 2.05) is 25.1 Å². The molecule has 1 aliphatic rings. The number of carbonyl (C=O) groups is 2. The van der Waals surface area contributed by atoms with E-state index in [1.54, 1.807) is 29.2 Å². The van der Waals surface area contributed by atoms with E-state index in [2.05, 4.69) is 0 Å². The predicted molar refractivity (Wildman–Crippen MR) is 102 cm³/mol. The average molecular weight is 406 g/mol. The number of ether oxygens (including phenoxy) is 4. The minimum atomic E-state index is -0.632. The Morgan fingerprint density at radius 3 is 2.71 bits per heavy atom. The van der Waals surface area contributed by atoms with Gasteiger partial charge in [0.1, 0.15) is 5.75 Å². The smallest absolute Gasteiger partial charge is 0.344 e. The molecule has 148 valence electrons. The first kappa shape index (κ1) is 19.8. The van der Waals surface area contributed by atoms with Crippen LogP contribution in [0.3, 0.4) is 0 Å². The SMILES string of the molecule is CCN(Cc1ccc2c(c1)OCO2)C(=O)COC(=O)COc1cccc(Cl)c1. The summed E-state index contributed by atoms with van der Waals surface area (Å²) in [4.78, 5) is 25.8. The molecule has 3 rings (SSSR count). The Balaban J connectivity index is 1.46. The second-order valence-corrected chi connectivity index (χ2v) is 6.44.